The Hall–Kier alpha value is -1.33. The summed E-state index contributed by atoms with van der Waals surface area (Å²) in [5.41, 5.74) is 2.92. The van der Waals surface area contributed by atoms with Crippen molar-refractivity contribution in [2.45, 2.75) is 24.7 Å². The van der Waals surface area contributed by atoms with E-state index in [1.54, 1.807) is 17.5 Å². The van der Waals surface area contributed by atoms with Crippen LogP contribution in [0.1, 0.15) is 21.7 Å². The number of hydrogen-bond acceptors (Lipinski definition) is 4. The van der Waals surface area contributed by atoms with E-state index in [1.807, 2.05) is 31.4 Å². The van der Waals surface area contributed by atoms with Gasteiger partial charge in [-0.2, -0.15) is 0 Å². The predicted molar refractivity (Wildman–Crippen MR) is 81.3 cm³/mol. The lowest BCUT2D eigenvalue weighted by Gasteiger charge is -2.05. The highest BCUT2D eigenvalue weighted by atomic mass is 32.2. The van der Waals surface area contributed by atoms with Crippen LogP contribution in [-0.2, 0) is 6.54 Å². The largest absolute Gasteiger partial charge is 0.345 e. The van der Waals surface area contributed by atoms with E-state index < -0.39 is 0 Å². The van der Waals surface area contributed by atoms with Crippen LogP contribution in [0.3, 0.4) is 0 Å². The first-order valence-electron chi connectivity index (χ1n) is 5.96. The van der Waals surface area contributed by atoms with E-state index in [0.717, 1.165) is 27.8 Å². The third-order valence-corrected chi connectivity index (χ3v) is 4.89. The maximum absolute atomic E-state index is 12.2. The number of carbonyl (C=O) groups is 1. The van der Waals surface area contributed by atoms with Crippen molar-refractivity contribution in [1.82, 2.24) is 9.55 Å². The Morgan fingerprint density at radius 1 is 1.58 bits per heavy atom. The molecule has 0 fully saturated rings. The highest BCUT2D eigenvalue weighted by Gasteiger charge is 2.15. The van der Waals surface area contributed by atoms with Crippen LogP contribution in [0.4, 0.5) is 0 Å². The molecule has 3 nitrogen and oxygen atoms in total. The molecule has 2 heterocycles. The number of thiazole rings is 1. The molecule has 0 saturated heterocycles. The molecule has 0 N–H and O–H groups in total. The number of ketones is 1. The molecular formula is C14H16N2OS2. The van der Waals surface area contributed by atoms with Crippen LogP contribution < -0.4 is 0 Å². The average molecular weight is 292 g/mol. The molecule has 19 heavy (non-hydrogen) atoms. The van der Waals surface area contributed by atoms with Crippen molar-refractivity contribution >= 4 is 28.9 Å². The van der Waals surface area contributed by atoms with Crippen LogP contribution >= 0.6 is 23.1 Å². The molecule has 0 aliphatic rings. The maximum atomic E-state index is 12.2. The van der Waals surface area contributed by atoms with Crippen molar-refractivity contribution in [1.29, 1.82) is 0 Å². The van der Waals surface area contributed by atoms with Crippen LogP contribution in [0.5, 0.6) is 0 Å². The molecule has 0 aliphatic carbocycles. The topological polar surface area (TPSA) is 34.9 Å². The van der Waals surface area contributed by atoms with Gasteiger partial charge in [-0.25, -0.2) is 4.98 Å². The second-order valence-corrected chi connectivity index (χ2v) is 6.31. The number of hydrogen-bond donors (Lipinski definition) is 0. The molecule has 2 aromatic heterocycles. The zero-order valence-electron chi connectivity index (χ0n) is 11.0. The summed E-state index contributed by atoms with van der Waals surface area (Å²) in [6, 6.07) is 1.96. The summed E-state index contributed by atoms with van der Waals surface area (Å²) in [5.74, 6) is 0.593. The van der Waals surface area contributed by atoms with E-state index in [1.165, 1.54) is 11.8 Å². The number of aromatic nitrogens is 2. The quantitative estimate of drug-likeness (QED) is 0.462. The molecule has 0 saturated carbocycles. The molecule has 0 unspecified atom stereocenters. The van der Waals surface area contributed by atoms with Crippen LogP contribution in [0.15, 0.2) is 34.6 Å². The van der Waals surface area contributed by atoms with E-state index in [9.17, 15) is 4.79 Å². The standard InChI is InChI=1S/C14H16N2OS2/c1-4-6-16-10(2)8-12(11(16)3)13(17)9-19-14-15-5-7-18-14/h4-5,7-8H,1,6,9H2,2-3H3. The monoisotopic (exact) mass is 292 g/mol. The zero-order chi connectivity index (χ0) is 13.8. The highest BCUT2D eigenvalue weighted by molar-refractivity contribution is 8.01. The minimum Gasteiger partial charge on any atom is -0.345 e. The number of allylic oxidation sites excluding steroid dienone is 1. The van der Waals surface area contributed by atoms with Crippen molar-refractivity contribution < 1.29 is 4.79 Å². The second-order valence-electron chi connectivity index (χ2n) is 4.19. The van der Waals surface area contributed by atoms with Gasteiger partial charge in [0, 0.05) is 35.1 Å². The summed E-state index contributed by atoms with van der Waals surface area (Å²) in [7, 11) is 0. The van der Waals surface area contributed by atoms with E-state index in [0.29, 0.717) is 5.75 Å². The Labute approximate surface area is 121 Å². The predicted octanol–water partition coefficient (Wildman–Crippen LogP) is 3.72. The zero-order valence-corrected chi connectivity index (χ0v) is 12.7. The number of thioether (sulfide) groups is 1. The second kappa shape index (κ2) is 6.21. The molecule has 0 atom stereocenters. The van der Waals surface area contributed by atoms with E-state index in [2.05, 4.69) is 16.1 Å². The highest BCUT2D eigenvalue weighted by Crippen LogP contribution is 2.23. The number of nitrogens with zero attached hydrogens (tertiary/aromatic N) is 2. The lowest BCUT2D eigenvalue weighted by Crippen LogP contribution is -2.06. The first kappa shape index (κ1) is 14.1. The first-order valence-corrected chi connectivity index (χ1v) is 7.83. The number of carbonyl (C=O) groups excluding carboxylic acids is 1. The Bertz CT molecular complexity index is 585. The fourth-order valence-corrected chi connectivity index (χ4v) is 3.50. The summed E-state index contributed by atoms with van der Waals surface area (Å²) >= 11 is 3.06. The van der Waals surface area contributed by atoms with Crippen molar-refractivity contribution in [2.24, 2.45) is 0 Å². The van der Waals surface area contributed by atoms with Crippen LogP contribution in [0.2, 0.25) is 0 Å². The Morgan fingerprint density at radius 2 is 2.37 bits per heavy atom. The fraction of sp³-hybridized carbons (Fsp3) is 0.286. The molecule has 0 amide bonds. The van der Waals surface area contributed by atoms with Crippen molar-refractivity contribution in [3.05, 3.63) is 47.2 Å². The molecule has 0 radical (unpaired) electrons. The molecule has 2 rings (SSSR count). The number of Topliss-reactive ketones (excluding diaryl/α,β-unsaturated/α-hetero) is 1. The molecular weight excluding hydrogens is 276 g/mol. The molecule has 100 valence electrons. The molecule has 2 aromatic rings. The molecule has 5 heteroatoms. The Morgan fingerprint density at radius 3 is 3.00 bits per heavy atom. The maximum Gasteiger partial charge on any atom is 0.174 e. The van der Waals surface area contributed by atoms with Crippen LogP contribution in [0, 0.1) is 13.8 Å². The van der Waals surface area contributed by atoms with Gasteiger partial charge in [0.05, 0.1) is 5.75 Å². The third-order valence-electron chi connectivity index (χ3n) is 2.92. The Kier molecular flexibility index (Phi) is 4.61. The van der Waals surface area contributed by atoms with Gasteiger partial charge in [0.1, 0.15) is 4.34 Å². The van der Waals surface area contributed by atoms with Gasteiger partial charge in [0.2, 0.25) is 0 Å². The van der Waals surface area contributed by atoms with Gasteiger partial charge in [0.15, 0.2) is 5.78 Å². The summed E-state index contributed by atoms with van der Waals surface area (Å²) in [6.45, 7) is 8.49. The minimum atomic E-state index is 0.156. The van der Waals surface area contributed by atoms with E-state index >= 15 is 0 Å². The summed E-state index contributed by atoms with van der Waals surface area (Å²) in [5, 5.41) is 1.92. The summed E-state index contributed by atoms with van der Waals surface area (Å²) in [6.07, 6.45) is 3.60. The molecule has 0 aliphatic heterocycles. The lowest BCUT2D eigenvalue weighted by molar-refractivity contribution is 0.102. The van der Waals surface area contributed by atoms with Crippen molar-refractivity contribution in [2.75, 3.05) is 5.75 Å². The molecule has 0 bridgehead atoms. The van der Waals surface area contributed by atoms with Crippen molar-refractivity contribution in [3.8, 4) is 0 Å². The van der Waals surface area contributed by atoms with Crippen LogP contribution in [0.25, 0.3) is 0 Å². The Balaban J connectivity index is 2.11. The van der Waals surface area contributed by atoms with E-state index in [4.69, 9.17) is 0 Å². The van der Waals surface area contributed by atoms with Gasteiger partial charge < -0.3 is 4.57 Å². The third kappa shape index (κ3) is 3.16. The van der Waals surface area contributed by atoms with Gasteiger partial charge >= 0.3 is 0 Å². The van der Waals surface area contributed by atoms with Crippen molar-refractivity contribution in [3.63, 3.8) is 0 Å². The van der Waals surface area contributed by atoms with E-state index in [-0.39, 0.29) is 5.78 Å². The van der Waals surface area contributed by atoms with Gasteiger partial charge in [-0.3, -0.25) is 4.79 Å². The average Bonchev–Trinajstić information content (AvgIpc) is 2.99. The molecule has 0 aromatic carbocycles. The fourth-order valence-electron chi connectivity index (χ4n) is 1.98. The number of aryl methyl sites for hydroxylation is 1. The summed E-state index contributed by atoms with van der Waals surface area (Å²) in [4.78, 5) is 16.4. The minimum absolute atomic E-state index is 0.156. The number of rotatable bonds is 6. The normalized spacial score (nSPS) is 10.6. The first-order chi connectivity index (χ1) is 9.13. The van der Waals surface area contributed by atoms with Gasteiger partial charge in [0.25, 0.3) is 0 Å². The molecule has 0 spiro atoms. The van der Waals surface area contributed by atoms with Gasteiger partial charge in [-0.1, -0.05) is 17.8 Å². The van der Waals surface area contributed by atoms with Gasteiger partial charge in [-0.15, -0.1) is 17.9 Å². The van der Waals surface area contributed by atoms with Gasteiger partial charge in [-0.05, 0) is 19.9 Å². The summed E-state index contributed by atoms with van der Waals surface area (Å²) < 4.78 is 3.04. The lowest BCUT2D eigenvalue weighted by atomic mass is 10.2. The SMILES string of the molecule is C=CCn1c(C)cc(C(=O)CSc2nccs2)c1C. The smallest absolute Gasteiger partial charge is 0.174 e. The van der Waals surface area contributed by atoms with Crippen LogP contribution in [-0.4, -0.2) is 21.1 Å².